The van der Waals surface area contributed by atoms with Gasteiger partial charge in [0.25, 0.3) is 0 Å². The maximum absolute atomic E-state index is 10.8. The molecule has 128 valence electrons. The third-order valence-electron chi connectivity index (χ3n) is 5.20. The van der Waals surface area contributed by atoms with Gasteiger partial charge in [-0.05, 0) is 80.3 Å². The van der Waals surface area contributed by atoms with Crippen LogP contribution in [0.3, 0.4) is 0 Å². The predicted molar refractivity (Wildman–Crippen MR) is 91.4 cm³/mol. The van der Waals surface area contributed by atoms with Gasteiger partial charge < -0.3 is 10.2 Å². The van der Waals surface area contributed by atoms with Gasteiger partial charge in [0.1, 0.15) is 0 Å². The molecular formula is C19H29NO3. The quantitative estimate of drug-likeness (QED) is 0.845. The minimum absolute atomic E-state index is 0.0895. The number of aliphatic hydroxyl groups excluding tert-OH is 1. The van der Waals surface area contributed by atoms with E-state index in [2.05, 4.69) is 31.7 Å². The predicted octanol–water partition coefficient (Wildman–Crippen LogP) is 3.18. The monoisotopic (exact) mass is 319 g/mol. The lowest BCUT2D eigenvalue weighted by molar-refractivity contribution is -0.137. The lowest BCUT2D eigenvalue weighted by atomic mass is 9.90. The average molecular weight is 319 g/mol. The molecule has 0 saturated carbocycles. The zero-order chi connectivity index (χ0) is 17.0. The number of hydrogen-bond donors (Lipinski definition) is 2. The van der Waals surface area contributed by atoms with Gasteiger partial charge in [-0.15, -0.1) is 0 Å². The van der Waals surface area contributed by atoms with E-state index in [-0.39, 0.29) is 13.0 Å². The maximum atomic E-state index is 10.8. The molecule has 0 unspecified atom stereocenters. The van der Waals surface area contributed by atoms with Crippen molar-refractivity contribution in [2.45, 2.75) is 59.6 Å². The first-order chi connectivity index (χ1) is 10.9. The van der Waals surface area contributed by atoms with Gasteiger partial charge in [-0.25, -0.2) is 0 Å². The lowest BCUT2D eigenvalue weighted by Crippen LogP contribution is -2.35. The van der Waals surface area contributed by atoms with Gasteiger partial charge in [-0.3, -0.25) is 9.69 Å². The summed E-state index contributed by atoms with van der Waals surface area (Å²) < 4.78 is 0. The number of benzene rings is 1. The second-order valence-corrected chi connectivity index (χ2v) is 6.93. The van der Waals surface area contributed by atoms with E-state index in [1.165, 1.54) is 16.7 Å². The van der Waals surface area contributed by atoms with Crippen molar-refractivity contribution in [1.29, 1.82) is 0 Å². The smallest absolute Gasteiger partial charge is 0.303 e. The van der Waals surface area contributed by atoms with Gasteiger partial charge in [0.2, 0.25) is 0 Å². The second kappa shape index (κ2) is 7.93. The van der Waals surface area contributed by atoms with E-state index in [0.29, 0.717) is 5.92 Å². The Labute approximate surface area is 139 Å². The first kappa shape index (κ1) is 18.0. The lowest BCUT2D eigenvalue weighted by Gasteiger charge is -2.33. The number of aliphatic hydroxyl groups is 1. The molecule has 0 bridgehead atoms. The molecule has 23 heavy (non-hydrogen) atoms. The minimum atomic E-state index is -0.695. The number of aliphatic carboxylic acids is 1. The van der Waals surface area contributed by atoms with Gasteiger partial charge in [0.05, 0.1) is 6.61 Å². The second-order valence-electron chi connectivity index (χ2n) is 6.93. The van der Waals surface area contributed by atoms with Crippen LogP contribution in [-0.2, 0) is 17.9 Å². The Kier molecular flexibility index (Phi) is 6.19. The molecule has 1 saturated heterocycles. The molecule has 1 aromatic carbocycles. The van der Waals surface area contributed by atoms with E-state index in [9.17, 15) is 9.90 Å². The van der Waals surface area contributed by atoms with Crippen LogP contribution in [0, 0.1) is 26.7 Å². The van der Waals surface area contributed by atoms with Crippen LogP contribution in [0.2, 0.25) is 0 Å². The van der Waals surface area contributed by atoms with Crippen LogP contribution in [0.1, 0.15) is 53.5 Å². The topological polar surface area (TPSA) is 60.8 Å². The maximum Gasteiger partial charge on any atom is 0.303 e. The average Bonchev–Trinajstić information content (AvgIpc) is 2.50. The van der Waals surface area contributed by atoms with Gasteiger partial charge >= 0.3 is 5.97 Å². The number of carboxylic acids is 1. The van der Waals surface area contributed by atoms with Crippen molar-refractivity contribution in [3.05, 3.63) is 33.9 Å². The Bertz CT molecular complexity index is 568. The molecule has 2 rings (SSSR count). The molecule has 0 aliphatic carbocycles. The summed E-state index contributed by atoms with van der Waals surface area (Å²) >= 11 is 0. The van der Waals surface area contributed by atoms with Crippen LogP contribution < -0.4 is 0 Å². The van der Waals surface area contributed by atoms with Crippen molar-refractivity contribution in [2.75, 3.05) is 13.1 Å². The molecule has 1 aromatic rings. The number of carboxylic acid groups (broad SMARTS) is 1. The number of carbonyl (C=O) groups is 1. The van der Waals surface area contributed by atoms with Crippen LogP contribution in [-0.4, -0.2) is 34.2 Å². The molecule has 1 atom stereocenters. The molecule has 0 aromatic heterocycles. The molecule has 1 aliphatic rings. The van der Waals surface area contributed by atoms with Crippen LogP contribution in [0.5, 0.6) is 0 Å². The number of rotatable bonds is 6. The number of hydrogen-bond acceptors (Lipinski definition) is 3. The molecule has 2 N–H and O–H groups in total. The Morgan fingerprint density at radius 1 is 1.26 bits per heavy atom. The third-order valence-corrected chi connectivity index (χ3v) is 5.20. The Morgan fingerprint density at radius 3 is 2.61 bits per heavy atom. The van der Waals surface area contributed by atoms with Crippen LogP contribution in [0.4, 0.5) is 0 Å². The summed E-state index contributed by atoms with van der Waals surface area (Å²) in [4.78, 5) is 13.2. The molecule has 4 heteroatoms. The fraction of sp³-hybridized carbons (Fsp3) is 0.632. The fourth-order valence-electron chi connectivity index (χ4n) is 3.84. The molecule has 1 fully saturated rings. The van der Waals surface area contributed by atoms with E-state index in [1.807, 2.05) is 0 Å². The SMILES string of the molecule is Cc1cc(C)c(CN2CCC[C@H](CCC(=O)O)C2)c(C)c1CO. The highest BCUT2D eigenvalue weighted by Crippen LogP contribution is 2.27. The number of nitrogens with zero attached hydrogens (tertiary/aromatic N) is 1. The minimum Gasteiger partial charge on any atom is -0.481 e. The van der Waals surface area contributed by atoms with Crippen LogP contribution in [0.25, 0.3) is 0 Å². The molecular weight excluding hydrogens is 290 g/mol. The number of aryl methyl sites for hydroxylation is 2. The summed E-state index contributed by atoms with van der Waals surface area (Å²) in [5.74, 6) is -0.205. The van der Waals surface area contributed by atoms with Gasteiger partial charge in [0.15, 0.2) is 0 Å². The fourth-order valence-corrected chi connectivity index (χ4v) is 3.84. The van der Waals surface area contributed by atoms with E-state index >= 15 is 0 Å². The summed E-state index contributed by atoms with van der Waals surface area (Å²) in [7, 11) is 0. The normalized spacial score (nSPS) is 19.0. The molecule has 4 nitrogen and oxygen atoms in total. The number of piperidine rings is 1. The molecule has 1 heterocycles. The van der Waals surface area contributed by atoms with Crippen molar-refractivity contribution in [2.24, 2.45) is 5.92 Å². The van der Waals surface area contributed by atoms with Crippen LogP contribution in [0.15, 0.2) is 6.07 Å². The van der Waals surface area contributed by atoms with Crippen molar-refractivity contribution >= 4 is 5.97 Å². The first-order valence-electron chi connectivity index (χ1n) is 8.56. The molecule has 0 spiro atoms. The van der Waals surface area contributed by atoms with Crippen molar-refractivity contribution in [3.63, 3.8) is 0 Å². The van der Waals surface area contributed by atoms with E-state index < -0.39 is 5.97 Å². The van der Waals surface area contributed by atoms with E-state index in [1.54, 1.807) is 0 Å². The highest BCUT2D eigenvalue weighted by Gasteiger charge is 2.22. The van der Waals surface area contributed by atoms with Crippen LogP contribution >= 0.6 is 0 Å². The van der Waals surface area contributed by atoms with Crippen molar-refractivity contribution < 1.29 is 15.0 Å². The largest absolute Gasteiger partial charge is 0.481 e. The summed E-state index contributed by atoms with van der Waals surface area (Å²) in [6.45, 7) is 9.34. The zero-order valence-electron chi connectivity index (χ0n) is 14.6. The van der Waals surface area contributed by atoms with Crippen molar-refractivity contribution in [1.82, 2.24) is 4.90 Å². The van der Waals surface area contributed by atoms with E-state index in [4.69, 9.17) is 5.11 Å². The standard InChI is InChI=1S/C19H29NO3/c1-13-9-14(2)18(12-21)15(3)17(13)11-20-8-4-5-16(10-20)6-7-19(22)23/h9,16,21H,4-8,10-12H2,1-3H3,(H,22,23)/t16-/m1/s1. The molecule has 0 radical (unpaired) electrons. The third kappa shape index (κ3) is 4.55. The first-order valence-corrected chi connectivity index (χ1v) is 8.56. The summed E-state index contributed by atoms with van der Waals surface area (Å²) in [6, 6.07) is 2.17. The van der Waals surface area contributed by atoms with E-state index in [0.717, 1.165) is 50.0 Å². The highest BCUT2D eigenvalue weighted by atomic mass is 16.4. The Morgan fingerprint density at radius 2 is 1.96 bits per heavy atom. The molecule has 1 aliphatic heterocycles. The highest BCUT2D eigenvalue weighted by molar-refractivity contribution is 5.66. The van der Waals surface area contributed by atoms with Gasteiger partial charge in [-0.1, -0.05) is 6.07 Å². The van der Waals surface area contributed by atoms with Gasteiger partial charge in [0, 0.05) is 19.5 Å². The van der Waals surface area contributed by atoms with Crippen molar-refractivity contribution in [3.8, 4) is 0 Å². The zero-order valence-corrected chi connectivity index (χ0v) is 14.6. The summed E-state index contributed by atoms with van der Waals surface area (Å²) in [5, 5.41) is 18.5. The molecule has 0 amide bonds. The number of likely N-dealkylation sites (tertiary alicyclic amines) is 1. The summed E-state index contributed by atoms with van der Waals surface area (Å²) in [6.07, 6.45) is 3.33. The Hall–Kier alpha value is -1.39. The summed E-state index contributed by atoms with van der Waals surface area (Å²) in [5.41, 5.74) is 6.01. The van der Waals surface area contributed by atoms with Gasteiger partial charge in [-0.2, -0.15) is 0 Å². The Balaban J connectivity index is 2.08.